The molecule has 3 rings (SSSR count). The average Bonchev–Trinajstić information content (AvgIpc) is 2.68. The summed E-state index contributed by atoms with van der Waals surface area (Å²) >= 11 is 0. The Morgan fingerprint density at radius 2 is 1.93 bits per heavy atom. The van der Waals surface area contributed by atoms with Gasteiger partial charge in [-0.15, -0.1) is 0 Å². The van der Waals surface area contributed by atoms with Crippen LogP contribution in [0.4, 0.5) is 5.69 Å². The number of rotatable bonds is 6. The highest BCUT2D eigenvalue weighted by Crippen LogP contribution is 2.38. The van der Waals surface area contributed by atoms with Gasteiger partial charge in [-0.25, -0.2) is 5.43 Å². The summed E-state index contributed by atoms with van der Waals surface area (Å²) in [5.74, 6) is 0.619. The summed E-state index contributed by atoms with van der Waals surface area (Å²) in [5, 5.41) is 4.13. The van der Waals surface area contributed by atoms with Gasteiger partial charge in [0.2, 0.25) is 5.91 Å². The lowest BCUT2D eigenvalue weighted by molar-refractivity contribution is -0.120. The molecule has 0 bridgehead atoms. The minimum Gasteiger partial charge on any atom is -0.497 e. The van der Waals surface area contributed by atoms with E-state index in [1.807, 2.05) is 30.3 Å². The SMILES string of the molecule is CCN1c2ccc(/C=N\NC(=O)Cc3ccc(OC)cc3)cc2C(C)=CC1(C)C. The number of amides is 1. The molecule has 29 heavy (non-hydrogen) atoms. The van der Waals surface area contributed by atoms with E-state index < -0.39 is 0 Å². The number of ether oxygens (including phenoxy) is 1. The van der Waals surface area contributed by atoms with Gasteiger partial charge in [-0.2, -0.15) is 5.10 Å². The number of fused-ring (bicyclic) bond motifs is 1. The summed E-state index contributed by atoms with van der Waals surface area (Å²) in [7, 11) is 1.62. The minimum absolute atomic E-state index is 0.00310. The number of methoxy groups -OCH3 is 1. The highest BCUT2D eigenvalue weighted by molar-refractivity contribution is 5.88. The van der Waals surface area contributed by atoms with Crippen LogP contribution in [0.1, 0.15) is 44.4 Å². The van der Waals surface area contributed by atoms with Crippen molar-refractivity contribution in [2.45, 2.75) is 39.7 Å². The van der Waals surface area contributed by atoms with Crippen molar-refractivity contribution in [3.63, 3.8) is 0 Å². The van der Waals surface area contributed by atoms with Gasteiger partial charge < -0.3 is 9.64 Å². The van der Waals surface area contributed by atoms with Crippen molar-refractivity contribution in [3.8, 4) is 5.75 Å². The molecule has 1 aliphatic heterocycles. The molecule has 1 amide bonds. The van der Waals surface area contributed by atoms with Crippen molar-refractivity contribution in [2.75, 3.05) is 18.6 Å². The Morgan fingerprint density at radius 3 is 2.59 bits per heavy atom. The van der Waals surface area contributed by atoms with Gasteiger partial charge in [-0.3, -0.25) is 4.79 Å². The lowest BCUT2D eigenvalue weighted by Gasteiger charge is -2.42. The topological polar surface area (TPSA) is 53.9 Å². The van der Waals surface area contributed by atoms with Crippen LogP contribution in [0.15, 0.2) is 53.6 Å². The summed E-state index contributed by atoms with van der Waals surface area (Å²) < 4.78 is 5.13. The molecule has 5 heteroatoms. The van der Waals surface area contributed by atoms with E-state index in [0.717, 1.165) is 23.4 Å². The van der Waals surface area contributed by atoms with Crippen LogP contribution in [0.2, 0.25) is 0 Å². The molecule has 0 radical (unpaired) electrons. The van der Waals surface area contributed by atoms with E-state index in [2.05, 4.69) is 61.3 Å². The number of nitrogens with zero attached hydrogens (tertiary/aromatic N) is 2. The normalized spacial score (nSPS) is 15.1. The fraction of sp³-hybridized carbons (Fsp3) is 0.333. The Bertz CT molecular complexity index is 943. The van der Waals surface area contributed by atoms with E-state index in [0.29, 0.717) is 0 Å². The third-order valence-corrected chi connectivity index (χ3v) is 5.24. The summed E-state index contributed by atoms with van der Waals surface area (Å²) in [6, 6.07) is 13.7. The molecule has 2 aromatic carbocycles. The molecule has 5 nitrogen and oxygen atoms in total. The van der Waals surface area contributed by atoms with Crippen molar-refractivity contribution in [2.24, 2.45) is 5.10 Å². The van der Waals surface area contributed by atoms with Gasteiger partial charge in [0.05, 0.1) is 25.3 Å². The molecule has 0 saturated heterocycles. The number of carbonyl (C=O) groups excluding carboxylic acids is 1. The molecular formula is C24H29N3O2. The van der Waals surface area contributed by atoms with Gasteiger partial charge in [0, 0.05) is 17.8 Å². The van der Waals surface area contributed by atoms with E-state index in [1.54, 1.807) is 13.3 Å². The maximum absolute atomic E-state index is 12.1. The minimum atomic E-state index is -0.153. The third kappa shape index (κ3) is 4.67. The van der Waals surface area contributed by atoms with E-state index in [4.69, 9.17) is 4.74 Å². The van der Waals surface area contributed by atoms with Crippen LogP contribution in [0, 0.1) is 0 Å². The zero-order valence-electron chi connectivity index (χ0n) is 17.8. The zero-order valence-corrected chi connectivity index (χ0v) is 17.8. The lowest BCUT2D eigenvalue weighted by Crippen LogP contribution is -2.44. The van der Waals surface area contributed by atoms with Crippen LogP contribution in [-0.4, -0.2) is 31.3 Å². The molecule has 0 spiro atoms. The second-order valence-corrected chi connectivity index (χ2v) is 7.82. The summed E-state index contributed by atoms with van der Waals surface area (Å²) in [5.41, 5.74) is 8.17. The number of hydrogen-bond donors (Lipinski definition) is 1. The summed E-state index contributed by atoms with van der Waals surface area (Å²) in [4.78, 5) is 14.5. The molecule has 1 N–H and O–H groups in total. The van der Waals surface area contributed by atoms with Gasteiger partial charge in [0.25, 0.3) is 0 Å². The monoisotopic (exact) mass is 391 g/mol. The van der Waals surface area contributed by atoms with Crippen LogP contribution < -0.4 is 15.1 Å². The molecule has 0 fully saturated rings. The fourth-order valence-corrected chi connectivity index (χ4v) is 3.91. The van der Waals surface area contributed by atoms with Crippen molar-refractivity contribution >= 4 is 23.4 Å². The second-order valence-electron chi connectivity index (χ2n) is 7.82. The van der Waals surface area contributed by atoms with Crippen LogP contribution >= 0.6 is 0 Å². The smallest absolute Gasteiger partial charge is 0.244 e. The molecule has 0 aromatic heterocycles. The van der Waals surface area contributed by atoms with Crippen molar-refractivity contribution in [3.05, 3.63) is 65.2 Å². The molecule has 1 heterocycles. The molecule has 152 valence electrons. The number of allylic oxidation sites excluding steroid dienone is 1. The number of benzene rings is 2. The predicted octanol–water partition coefficient (Wildman–Crippen LogP) is 4.41. The number of carbonyl (C=O) groups is 1. The van der Waals surface area contributed by atoms with Gasteiger partial charge in [-0.1, -0.05) is 24.3 Å². The Morgan fingerprint density at radius 1 is 1.21 bits per heavy atom. The van der Waals surface area contributed by atoms with E-state index in [9.17, 15) is 4.79 Å². The Labute approximate surface area is 173 Å². The van der Waals surface area contributed by atoms with Gasteiger partial charge in [-0.05, 0) is 68.7 Å². The van der Waals surface area contributed by atoms with Crippen molar-refractivity contribution in [1.29, 1.82) is 0 Å². The lowest BCUT2D eigenvalue weighted by atomic mass is 9.88. The Hall–Kier alpha value is -3.08. The molecule has 2 aromatic rings. The molecular weight excluding hydrogens is 362 g/mol. The number of likely N-dealkylation sites (N-methyl/N-ethyl adjacent to an activating group) is 1. The largest absolute Gasteiger partial charge is 0.497 e. The van der Waals surface area contributed by atoms with Crippen LogP contribution in [-0.2, 0) is 11.2 Å². The number of nitrogens with one attached hydrogen (secondary N) is 1. The van der Waals surface area contributed by atoms with Crippen molar-refractivity contribution in [1.82, 2.24) is 5.43 Å². The fourth-order valence-electron chi connectivity index (χ4n) is 3.91. The molecule has 0 saturated carbocycles. The second kappa shape index (κ2) is 8.52. The first kappa shape index (κ1) is 20.6. The zero-order chi connectivity index (χ0) is 21.0. The number of hydrazone groups is 1. The van der Waals surface area contributed by atoms with E-state index in [-0.39, 0.29) is 17.9 Å². The molecule has 0 aliphatic carbocycles. The van der Waals surface area contributed by atoms with Gasteiger partial charge in [0.1, 0.15) is 5.75 Å². The highest BCUT2D eigenvalue weighted by atomic mass is 16.5. The first-order chi connectivity index (χ1) is 13.8. The van der Waals surface area contributed by atoms with E-state index >= 15 is 0 Å². The van der Waals surface area contributed by atoms with E-state index in [1.165, 1.54) is 16.8 Å². The van der Waals surface area contributed by atoms with Gasteiger partial charge in [0.15, 0.2) is 0 Å². The standard InChI is InChI=1S/C24H29N3O2/c1-6-27-22-12-9-19(13-21(22)17(2)15-24(27,3)4)16-25-26-23(28)14-18-7-10-20(29-5)11-8-18/h7-13,15-16H,6,14H2,1-5H3,(H,26,28)/b25-16-. The molecule has 1 aliphatic rings. The quantitative estimate of drug-likeness (QED) is 0.586. The van der Waals surface area contributed by atoms with Crippen LogP contribution in [0.25, 0.3) is 5.57 Å². The van der Waals surface area contributed by atoms with Crippen LogP contribution in [0.3, 0.4) is 0 Å². The predicted molar refractivity (Wildman–Crippen MR) is 120 cm³/mol. The Balaban J connectivity index is 1.67. The maximum atomic E-state index is 12.1. The van der Waals surface area contributed by atoms with Crippen LogP contribution in [0.5, 0.6) is 5.75 Å². The summed E-state index contributed by atoms with van der Waals surface area (Å²) in [6.45, 7) is 9.73. The molecule has 0 atom stereocenters. The van der Waals surface area contributed by atoms with Gasteiger partial charge >= 0.3 is 0 Å². The summed E-state index contributed by atoms with van der Waals surface area (Å²) in [6.07, 6.45) is 4.26. The van der Waals surface area contributed by atoms with Crippen molar-refractivity contribution < 1.29 is 9.53 Å². The average molecular weight is 392 g/mol. The first-order valence-corrected chi connectivity index (χ1v) is 9.90. The number of hydrogen-bond acceptors (Lipinski definition) is 4. The molecule has 0 unspecified atom stereocenters. The third-order valence-electron chi connectivity index (χ3n) is 5.24. The first-order valence-electron chi connectivity index (χ1n) is 9.90. The maximum Gasteiger partial charge on any atom is 0.244 e. The highest BCUT2D eigenvalue weighted by Gasteiger charge is 2.29. The Kier molecular flexibility index (Phi) is 6.06. The number of anilines is 1.